The topological polar surface area (TPSA) is 20.2 Å². The minimum absolute atomic E-state index is 0.107. The first-order valence-electron chi connectivity index (χ1n) is 6.47. The van der Waals surface area contributed by atoms with Crippen LogP contribution < -0.4 is 0 Å². The van der Waals surface area contributed by atoms with Crippen LogP contribution in [0, 0.1) is 24.0 Å². The molecule has 0 spiro atoms. The zero-order chi connectivity index (χ0) is 13.6. The quantitative estimate of drug-likeness (QED) is 0.801. The van der Waals surface area contributed by atoms with Gasteiger partial charge < -0.3 is 5.11 Å². The van der Waals surface area contributed by atoms with Crippen LogP contribution in [0.2, 0.25) is 0 Å². The minimum Gasteiger partial charge on any atom is -0.384 e. The number of aryl methyl sites for hydroxylation is 1. The molecule has 1 aliphatic carbocycles. The first-order valence-corrected chi connectivity index (χ1v) is 6.47. The Balaban J connectivity index is 2.56. The Hall–Kier alpha value is -0.960. The standard InChI is InChI=1S/C15H20F2O/c1-10-6-7-11(13(17)12(10)16)15(18)9-5-4-8-14(15,2)3/h6-7,18H,4-5,8-9H2,1-3H3. The number of aliphatic hydroxyl groups is 1. The molecule has 0 aliphatic heterocycles. The Bertz CT molecular complexity index is 468. The van der Waals surface area contributed by atoms with Gasteiger partial charge in [0, 0.05) is 5.56 Å². The van der Waals surface area contributed by atoms with Gasteiger partial charge in [0.05, 0.1) is 5.60 Å². The summed E-state index contributed by atoms with van der Waals surface area (Å²) in [5, 5.41) is 10.9. The summed E-state index contributed by atoms with van der Waals surface area (Å²) in [5.41, 5.74) is -1.33. The number of rotatable bonds is 1. The summed E-state index contributed by atoms with van der Waals surface area (Å²) >= 11 is 0. The molecule has 0 heterocycles. The van der Waals surface area contributed by atoms with E-state index >= 15 is 0 Å². The first-order chi connectivity index (χ1) is 8.29. The monoisotopic (exact) mass is 254 g/mol. The van der Waals surface area contributed by atoms with Gasteiger partial charge in [0.1, 0.15) is 0 Å². The van der Waals surface area contributed by atoms with Crippen molar-refractivity contribution in [2.75, 3.05) is 0 Å². The third-order valence-electron chi connectivity index (χ3n) is 4.43. The molecule has 2 rings (SSSR count). The van der Waals surface area contributed by atoms with Crippen LogP contribution in [0.4, 0.5) is 8.78 Å². The lowest BCUT2D eigenvalue weighted by Crippen LogP contribution is -2.45. The van der Waals surface area contributed by atoms with Crippen LogP contribution in [-0.2, 0) is 5.60 Å². The summed E-state index contributed by atoms with van der Waals surface area (Å²) in [6.45, 7) is 5.37. The molecule has 18 heavy (non-hydrogen) atoms. The molecule has 1 aliphatic rings. The van der Waals surface area contributed by atoms with Crippen LogP contribution in [-0.4, -0.2) is 5.11 Å². The third kappa shape index (κ3) is 1.85. The predicted octanol–water partition coefficient (Wildman–Crippen LogP) is 4.06. The molecule has 0 aromatic heterocycles. The van der Waals surface area contributed by atoms with Crippen molar-refractivity contribution in [3.8, 4) is 0 Å². The fraction of sp³-hybridized carbons (Fsp3) is 0.600. The third-order valence-corrected chi connectivity index (χ3v) is 4.43. The highest BCUT2D eigenvalue weighted by Gasteiger charge is 2.48. The Kier molecular flexibility index (Phi) is 3.22. The van der Waals surface area contributed by atoms with Gasteiger partial charge in [0.25, 0.3) is 0 Å². The van der Waals surface area contributed by atoms with Crippen molar-refractivity contribution in [1.82, 2.24) is 0 Å². The van der Waals surface area contributed by atoms with Gasteiger partial charge in [0.15, 0.2) is 11.6 Å². The fourth-order valence-electron chi connectivity index (χ4n) is 2.96. The summed E-state index contributed by atoms with van der Waals surface area (Å²) in [6, 6.07) is 3.07. The molecule has 0 saturated heterocycles. The Morgan fingerprint density at radius 1 is 1.06 bits per heavy atom. The predicted molar refractivity (Wildman–Crippen MR) is 67.2 cm³/mol. The summed E-state index contributed by atoms with van der Waals surface area (Å²) in [5.74, 6) is -1.74. The van der Waals surface area contributed by atoms with Crippen molar-refractivity contribution in [3.63, 3.8) is 0 Å². The van der Waals surface area contributed by atoms with Gasteiger partial charge in [-0.25, -0.2) is 8.78 Å². The maximum Gasteiger partial charge on any atom is 0.165 e. The van der Waals surface area contributed by atoms with Crippen molar-refractivity contribution >= 4 is 0 Å². The molecular weight excluding hydrogens is 234 g/mol. The zero-order valence-electron chi connectivity index (χ0n) is 11.2. The molecule has 1 saturated carbocycles. The van der Waals surface area contributed by atoms with E-state index in [0.717, 1.165) is 19.3 Å². The highest BCUT2D eigenvalue weighted by molar-refractivity contribution is 5.32. The van der Waals surface area contributed by atoms with Crippen LogP contribution in [0.3, 0.4) is 0 Å². The number of halogens is 2. The second-order valence-corrected chi connectivity index (χ2v) is 6.01. The molecule has 1 unspecified atom stereocenters. The summed E-state index contributed by atoms with van der Waals surface area (Å²) in [4.78, 5) is 0. The highest BCUT2D eigenvalue weighted by Crippen LogP contribution is 2.50. The van der Waals surface area contributed by atoms with Crippen molar-refractivity contribution in [3.05, 3.63) is 34.9 Å². The van der Waals surface area contributed by atoms with Gasteiger partial charge in [-0.2, -0.15) is 0 Å². The van der Waals surface area contributed by atoms with Gasteiger partial charge in [-0.15, -0.1) is 0 Å². The van der Waals surface area contributed by atoms with Gasteiger partial charge in [0.2, 0.25) is 0 Å². The average Bonchev–Trinajstić information content (AvgIpc) is 2.30. The van der Waals surface area contributed by atoms with Crippen molar-refractivity contribution < 1.29 is 13.9 Å². The summed E-state index contributed by atoms with van der Waals surface area (Å²) in [7, 11) is 0. The molecule has 1 N–H and O–H groups in total. The van der Waals surface area contributed by atoms with E-state index in [1.807, 2.05) is 13.8 Å². The highest BCUT2D eigenvalue weighted by atomic mass is 19.2. The lowest BCUT2D eigenvalue weighted by molar-refractivity contribution is -0.106. The smallest absolute Gasteiger partial charge is 0.165 e. The van der Waals surface area contributed by atoms with Crippen LogP contribution in [0.25, 0.3) is 0 Å². The maximum absolute atomic E-state index is 14.1. The first kappa shape index (κ1) is 13.5. The Labute approximate surface area is 107 Å². The molecule has 0 bridgehead atoms. The molecular formula is C15H20F2O. The van der Waals surface area contributed by atoms with Gasteiger partial charge in [-0.3, -0.25) is 0 Å². The molecule has 1 nitrogen and oxygen atoms in total. The second kappa shape index (κ2) is 4.30. The Morgan fingerprint density at radius 2 is 1.67 bits per heavy atom. The summed E-state index contributed by atoms with van der Waals surface area (Å²) in [6.07, 6.45) is 3.16. The fourth-order valence-corrected chi connectivity index (χ4v) is 2.96. The van der Waals surface area contributed by atoms with E-state index in [2.05, 4.69) is 0 Å². The van der Waals surface area contributed by atoms with E-state index in [-0.39, 0.29) is 11.1 Å². The van der Waals surface area contributed by atoms with Crippen LogP contribution in [0.5, 0.6) is 0 Å². The number of benzene rings is 1. The van der Waals surface area contributed by atoms with E-state index < -0.39 is 22.7 Å². The SMILES string of the molecule is Cc1ccc(C2(O)CCCCC2(C)C)c(F)c1F. The van der Waals surface area contributed by atoms with Gasteiger partial charge in [-0.1, -0.05) is 38.8 Å². The van der Waals surface area contributed by atoms with Gasteiger partial charge >= 0.3 is 0 Å². The van der Waals surface area contributed by atoms with Crippen molar-refractivity contribution in [2.24, 2.45) is 5.41 Å². The molecule has 0 radical (unpaired) electrons. The molecule has 1 aromatic rings. The van der Waals surface area contributed by atoms with E-state index in [9.17, 15) is 13.9 Å². The lowest BCUT2D eigenvalue weighted by Gasteiger charge is -2.47. The van der Waals surface area contributed by atoms with Crippen LogP contribution in [0.1, 0.15) is 50.7 Å². The molecule has 1 fully saturated rings. The maximum atomic E-state index is 14.1. The van der Waals surface area contributed by atoms with E-state index in [4.69, 9.17) is 0 Å². The molecule has 1 aromatic carbocycles. The zero-order valence-corrected chi connectivity index (χ0v) is 11.2. The van der Waals surface area contributed by atoms with Crippen LogP contribution in [0.15, 0.2) is 12.1 Å². The van der Waals surface area contributed by atoms with Crippen molar-refractivity contribution in [1.29, 1.82) is 0 Å². The molecule has 100 valence electrons. The minimum atomic E-state index is -1.27. The van der Waals surface area contributed by atoms with Gasteiger partial charge in [-0.05, 0) is 30.7 Å². The largest absolute Gasteiger partial charge is 0.384 e. The van der Waals surface area contributed by atoms with E-state index in [1.165, 1.54) is 19.1 Å². The van der Waals surface area contributed by atoms with E-state index in [0.29, 0.717) is 6.42 Å². The number of hydrogen-bond acceptors (Lipinski definition) is 1. The average molecular weight is 254 g/mol. The Morgan fingerprint density at radius 3 is 2.28 bits per heavy atom. The normalized spacial score (nSPS) is 27.2. The molecule has 1 atom stereocenters. The second-order valence-electron chi connectivity index (χ2n) is 6.01. The van der Waals surface area contributed by atoms with Crippen LogP contribution >= 0.6 is 0 Å². The molecule has 3 heteroatoms. The van der Waals surface area contributed by atoms with E-state index in [1.54, 1.807) is 0 Å². The molecule has 0 amide bonds. The summed E-state index contributed by atoms with van der Waals surface area (Å²) < 4.78 is 27.8. The van der Waals surface area contributed by atoms with Crippen molar-refractivity contribution in [2.45, 2.75) is 52.1 Å². The number of hydrogen-bond donors (Lipinski definition) is 1. The lowest BCUT2D eigenvalue weighted by atomic mass is 9.62.